The van der Waals surface area contributed by atoms with Crippen LogP contribution in [0.5, 0.6) is 0 Å². The number of nitrogens with one attached hydrogen (secondary N) is 1. The highest BCUT2D eigenvalue weighted by molar-refractivity contribution is 7.89. The number of carbonyl (C=O) groups excluding carboxylic acids is 1. The van der Waals surface area contributed by atoms with Gasteiger partial charge in [0.15, 0.2) is 0 Å². The van der Waals surface area contributed by atoms with E-state index in [1.165, 1.54) is 22.5 Å². The van der Waals surface area contributed by atoms with Crippen LogP contribution in [0.15, 0.2) is 23.1 Å². The van der Waals surface area contributed by atoms with Crippen molar-refractivity contribution in [2.75, 3.05) is 19.6 Å². The molecule has 0 atom stereocenters. The minimum absolute atomic E-state index is 0.0548. The second-order valence-electron chi connectivity index (χ2n) is 4.65. The summed E-state index contributed by atoms with van der Waals surface area (Å²) in [5.74, 6) is -1.80. The molecule has 1 rings (SSSR count). The molecule has 8 heteroatoms. The summed E-state index contributed by atoms with van der Waals surface area (Å²) in [4.78, 5) is 22.4. The summed E-state index contributed by atoms with van der Waals surface area (Å²) in [6, 6.07) is 4.28. The first-order valence-corrected chi connectivity index (χ1v) is 8.28. The summed E-state index contributed by atoms with van der Waals surface area (Å²) in [7, 11) is -3.68. The summed E-state index contributed by atoms with van der Waals surface area (Å²) in [5, 5.41) is 10.8. The van der Waals surface area contributed by atoms with Crippen LogP contribution >= 0.6 is 0 Å². The first-order valence-electron chi connectivity index (χ1n) is 6.84. The van der Waals surface area contributed by atoms with Crippen molar-refractivity contribution in [2.45, 2.75) is 25.7 Å². The first-order chi connectivity index (χ1) is 10.2. The maximum absolute atomic E-state index is 12.6. The van der Waals surface area contributed by atoms with Gasteiger partial charge in [0.25, 0.3) is 5.91 Å². The van der Waals surface area contributed by atoms with Crippen LogP contribution in [0.4, 0.5) is 0 Å². The Bertz CT molecular complexity index is 666. The van der Waals surface area contributed by atoms with Crippen LogP contribution < -0.4 is 5.32 Å². The quantitative estimate of drug-likeness (QED) is 0.772. The highest BCUT2D eigenvalue weighted by Crippen LogP contribution is 2.21. The molecular weight excluding hydrogens is 308 g/mol. The largest absolute Gasteiger partial charge is 0.480 e. The predicted octanol–water partition coefficient (Wildman–Crippen LogP) is 0.840. The van der Waals surface area contributed by atoms with Crippen LogP contribution in [-0.2, 0) is 14.8 Å². The van der Waals surface area contributed by atoms with Crippen LogP contribution in [0.1, 0.15) is 29.8 Å². The van der Waals surface area contributed by atoms with E-state index in [2.05, 4.69) is 5.32 Å². The van der Waals surface area contributed by atoms with E-state index < -0.39 is 28.4 Å². The molecule has 0 aromatic heterocycles. The van der Waals surface area contributed by atoms with Gasteiger partial charge in [0.2, 0.25) is 10.0 Å². The fourth-order valence-electron chi connectivity index (χ4n) is 1.98. The summed E-state index contributed by atoms with van der Waals surface area (Å²) >= 11 is 0. The fraction of sp³-hybridized carbons (Fsp3) is 0.429. The summed E-state index contributed by atoms with van der Waals surface area (Å²) in [5.41, 5.74) is 0.638. The second-order valence-corrected chi connectivity index (χ2v) is 6.55. The zero-order chi connectivity index (χ0) is 16.9. The molecule has 0 radical (unpaired) electrons. The van der Waals surface area contributed by atoms with Gasteiger partial charge in [0.05, 0.1) is 4.90 Å². The van der Waals surface area contributed by atoms with Gasteiger partial charge in [-0.1, -0.05) is 19.9 Å². The molecule has 122 valence electrons. The third kappa shape index (κ3) is 4.05. The first kappa shape index (κ1) is 18.1. The minimum atomic E-state index is -3.68. The van der Waals surface area contributed by atoms with Crippen LogP contribution in [0.2, 0.25) is 0 Å². The molecule has 0 saturated heterocycles. The Labute approximate surface area is 130 Å². The lowest BCUT2D eigenvalue weighted by molar-refractivity contribution is -0.135. The Morgan fingerprint density at radius 2 is 1.82 bits per heavy atom. The van der Waals surface area contributed by atoms with E-state index in [1.54, 1.807) is 20.8 Å². The number of aryl methyl sites for hydroxylation is 1. The molecule has 1 aromatic rings. The lowest BCUT2D eigenvalue weighted by atomic mass is 10.1. The number of aliphatic carboxylic acids is 1. The van der Waals surface area contributed by atoms with Gasteiger partial charge in [0, 0.05) is 18.7 Å². The number of hydrogen-bond donors (Lipinski definition) is 2. The second kappa shape index (κ2) is 7.37. The lowest BCUT2D eigenvalue weighted by Gasteiger charge is -2.20. The minimum Gasteiger partial charge on any atom is -0.480 e. The van der Waals surface area contributed by atoms with E-state index in [1.807, 2.05) is 0 Å². The van der Waals surface area contributed by atoms with Gasteiger partial charge in [-0.3, -0.25) is 9.59 Å². The Morgan fingerprint density at radius 1 is 1.23 bits per heavy atom. The van der Waals surface area contributed by atoms with E-state index in [4.69, 9.17) is 5.11 Å². The van der Waals surface area contributed by atoms with Gasteiger partial charge in [-0.2, -0.15) is 4.31 Å². The Kier molecular flexibility index (Phi) is 6.07. The molecule has 0 aliphatic rings. The van der Waals surface area contributed by atoms with E-state index in [0.717, 1.165) is 0 Å². The third-order valence-electron chi connectivity index (χ3n) is 3.17. The predicted molar refractivity (Wildman–Crippen MR) is 81.3 cm³/mol. The highest BCUT2D eigenvalue weighted by atomic mass is 32.2. The van der Waals surface area contributed by atoms with Crippen molar-refractivity contribution >= 4 is 21.9 Å². The maximum Gasteiger partial charge on any atom is 0.322 e. The van der Waals surface area contributed by atoms with Gasteiger partial charge in [-0.25, -0.2) is 8.42 Å². The van der Waals surface area contributed by atoms with Gasteiger partial charge in [-0.05, 0) is 24.6 Å². The average molecular weight is 328 g/mol. The number of sulfonamides is 1. The molecule has 1 aromatic carbocycles. The van der Waals surface area contributed by atoms with Crippen molar-refractivity contribution in [3.05, 3.63) is 29.3 Å². The SMILES string of the molecule is CCN(CC)S(=O)(=O)c1cc(C(=O)NCC(=O)O)ccc1C. The summed E-state index contributed by atoms with van der Waals surface area (Å²) in [6.45, 7) is 5.25. The Morgan fingerprint density at radius 3 is 2.32 bits per heavy atom. The highest BCUT2D eigenvalue weighted by Gasteiger charge is 2.24. The summed E-state index contributed by atoms with van der Waals surface area (Å²) in [6.07, 6.45) is 0. The molecule has 0 aliphatic heterocycles. The number of carboxylic acids is 1. The molecule has 0 heterocycles. The van der Waals surface area contributed by atoms with Crippen molar-refractivity contribution in [3.8, 4) is 0 Å². The third-order valence-corrected chi connectivity index (χ3v) is 5.37. The molecular formula is C14H20N2O5S. The van der Waals surface area contributed by atoms with Gasteiger partial charge in [0.1, 0.15) is 6.54 Å². The van der Waals surface area contributed by atoms with Gasteiger partial charge < -0.3 is 10.4 Å². The van der Waals surface area contributed by atoms with Crippen molar-refractivity contribution in [2.24, 2.45) is 0 Å². The van der Waals surface area contributed by atoms with Crippen LogP contribution in [0.3, 0.4) is 0 Å². The van der Waals surface area contributed by atoms with E-state index in [0.29, 0.717) is 18.7 Å². The molecule has 0 spiro atoms. The molecule has 1 amide bonds. The zero-order valence-corrected chi connectivity index (χ0v) is 13.6. The number of hydrogen-bond acceptors (Lipinski definition) is 4. The maximum atomic E-state index is 12.6. The molecule has 0 saturated carbocycles. The number of rotatable bonds is 7. The number of benzene rings is 1. The molecule has 22 heavy (non-hydrogen) atoms. The number of carbonyl (C=O) groups is 2. The van der Waals surface area contributed by atoms with Crippen molar-refractivity contribution in [1.82, 2.24) is 9.62 Å². The number of nitrogens with zero attached hydrogens (tertiary/aromatic N) is 1. The topological polar surface area (TPSA) is 104 Å². The van der Waals surface area contributed by atoms with Crippen LogP contribution in [0.25, 0.3) is 0 Å². The molecule has 7 nitrogen and oxygen atoms in total. The normalized spacial score (nSPS) is 11.5. The standard InChI is InChI=1S/C14H20N2O5S/c1-4-16(5-2)22(20,21)12-8-11(7-6-10(12)3)14(19)15-9-13(17)18/h6-8H,4-5,9H2,1-3H3,(H,15,19)(H,17,18). The lowest BCUT2D eigenvalue weighted by Crippen LogP contribution is -2.32. The van der Waals surface area contributed by atoms with E-state index >= 15 is 0 Å². The Balaban J connectivity index is 3.20. The van der Waals surface area contributed by atoms with Gasteiger partial charge in [-0.15, -0.1) is 0 Å². The average Bonchev–Trinajstić information content (AvgIpc) is 2.45. The van der Waals surface area contributed by atoms with Crippen LogP contribution in [0, 0.1) is 6.92 Å². The molecule has 0 fully saturated rings. The fourth-order valence-corrected chi connectivity index (χ4v) is 3.69. The molecule has 0 bridgehead atoms. The zero-order valence-electron chi connectivity index (χ0n) is 12.8. The van der Waals surface area contributed by atoms with E-state index in [9.17, 15) is 18.0 Å². The monoisotopic (exact) mass is 328 g/mol. The van der Waals surface area contributed by atoms with Crippen molar-refractivity contribution in [3.63, 3.8) is 0 Å². The smallest absolute Gasteiger partial charge is 0.322 e. The van der Waals surface area contributed by atoms with Crippen LogP contribution in [-0.4, -0.2) is 49.3 Å². The van der Waals surface area contributed by atoms with Crippen molar-refractivity contribution < 1.29 is 23.1 Å². The number of carboxylic acid groups (broad SMARTS) is 1. The van der Waals surface area contributed by atoms with Crippen molar-refractivity contribution in [1.29, 1.82) is 0 Å². The Hall–Kier alpha value is -1.93. The number of amides is 1. The molecule has 0 unspecified atom stereocenters. The summed E-state index contributed by atoms with van der Waals surface area (Å²) < 4.78 is 26.4. The van der Waals surface area contributed by atoms with Gasteiger partial charge >= 0.3 is 5.97 Å². The van der Waals surface area contributed by atoms with E-state index in [-0.39, 0.29) is 10.5 Å². The molecule has 0 aliphatic carbocycles. The molecule has 2 N–H and O–H groups in total.